The van der Waals surface area contributed by atoms with Crippen LogP contribution in [0, 0.1) is 6.92 Å². The predicted molar refractivity (Wildman–Crippen MR) is 117 cm³/mol. The summed E-state index contributed by atoms with van der Waals surface area (Å²) in [6, 6.07) is 1.34. The smallest absolute Gasteiger partial charge is 0.369 e. The number of pyridine rings is 1. The third-order valence-corrected chi connectivity index (χ3v) is 9.21. The molecule has 0 saturated carbocycles. The van der Waals surface area contributed by atoms with Crippen LogP contribution in [0.15, 0.2) is 17.1 Å². The largest absolute Gasteiger partial charge is 0.477 e. The Bertz CT molecular complexity index is 1160. The lowest BCUT2D eigenvalue weighted by atomic mass is 10.1. The van der Waals surface area contributed by atoms with Gasteiger partial charge in [0.15, 0.2) is 0 Å². The minimum Gasteiger partial charge on any atom is -0.477 e. The number of aromatic amines is 1. The van der Waals surface area contributed by atoms with Gasteiger partial charge in [-0.25, -0.2) is 4.79 Å². The molecule has 0 fully saturated rings. The number of carboxylic acid groups (broad SMARTS) is 1. The average molecular weight is 513 g/mol. The number of H-pyrrole nitrogens is 1. The van der Waals surface area contributed by atoms with Crippen LogP contribution in [0.5, 0.6) is 0 Å². The fourth-order valence-electron chi connectivity index (χ4n) is 3.21. The van der Waals surface area contributed by atoms with Gasteiger partial charge in [0.2, 0.25) is 5.43 Å². The molecule has 0 spiro atoms. The number of aromatic nitrogens is 1. The van der Waals surface area contributed by atoms with Crippen molar-refractivity contribution in [3.8, 4) is 0 Å². The van der Waals surface area contributed by atoms with Crippen molar-refractivity contribution >= 4 is 49.4 Å². The van der Waals surface area contributed by atoms with E-state index in [1.165, 1.54) is 6.07 Å². The third-order valence-electron chi connectivity index (χ3n) is 5.03. The topological polar surface area (TPSA) is 217 Å². The second-order valence-corrected chi connectivity index (χ2v) is 11.6. The van der Waals surface area contributed by atoms with Crippen molar-refractivity contribution in [1.82, 2.24) is 4.98 Å². The second kappa shape index (κ2) is 9.62. The first-order chi connectivity index (χ1) is 14.6. The molecule has 0 radical (unpaired) electrons. The monoisotopic (exact) mass is 512 g/mol. The van der Waals surface area contributed by atoms with Gasteiger partial charge in [-0.15, -0.1) is 0 Å². The predicted octanol–water partition coefficient (Wildman–Crippen LogP) is 2.16. The standard InChI is InChI=1S/C17H23ClN2O10P2/c1-9-13-10(15(21)11(8-20-13)16(22)23)7-12(18)14(9)19-6-4-2-3-5-17(24,31(25,26)27)32(28,29)30/h7-8,19,24H,2-6H2,1H3,(H,20,21)(H,22,23)(H2,25,26,27)(H2,28,29,30). The zero-order chi connectivity index (χ0) is 24.5. The molecule has 8 N–H and O–H groups in total. The van der Waals surface area contributed by atoms with Crippen molar-refractivity contribution in [2.75, 3.05) is 11.9 Å². The molecule has 2 rings (SSSR count). The quantitative estimate of drug-likeness (QED) is 0.170. The Morgan fingerprint density at radius 1 is 1.16 bits per heavy atom. The van der Waals surface area contributed by atoms with E-state index in [0.29, 0.717) is 29.7 Å². The molecule has 1 heterocycles. The lowest BCUT2D eigenvalue weighted by Crippen LogP contribution is -2.28. The molecule has 0 aliphatic rings. The van der Waals surface area contributed by atoms with E-state index in [-0.39, 0.29) is 23.3 Å². The van der Waals surface area contributed by atoms with Crippen LogP contribution in [0.4, 0.5) is 5.69 Å². The summed E-state index contributed by atoms with van der Waals surface area (Å²) in [4.78, 5) is 62.7. The molecule has 12 nitrogen and oxygen atoms in total. The second-order valence-electron chi connectivity index (χ2n) is 7.22. The molecule has 0 unspecified atom stereocenters. The highest BCUT2D eigenvalue weighted by Gasteiger charge is 2.58. The van der Waals surface area contributed by atoms with Crippen LogP contribution in [-0.4, -0.2) is 52.4 Å². The van der Waals surface area contributed by atoms with Crippen LogP contribution in [0.25, 0.3) is 10.9 Å². The summed E-state index contributed by atoms with van der Waals surface area (Å²) >= 11 is 6.24. The summed E-state index contributed by atoms with van der Waals surface area (Å²) in [5.41, 5.74) is 0.364. The van der Waals surface area contributed by atoms with E-state index >= 15 is 0 Å². The molecule has 0 atom stereocenters. The molecular formula is C17H23ClN2O10P2. The summed E-state index contributed by atoms with van der Waals surface area (Å²) in [5, 5.41) is 18.8. The summed E-state index contributed by atoms with van der Waals surface area (Å²) in [7, 11) is -10.9. The maximum absolute atomic E-state index is 12.3. The Labute approximate surface area is 186 Å². The van der Waals surface area contributed by atoms with E-state index in [9.17, 15) is 23.8 Å². The highest BCUT2D eigenvalue weighted by Crippen LogP contribution is 2.69. The van der Waals surface area contributed by atoms with Crippen LogP contribution in [-0.2, 0) is 9.13 Å². The summed E-state index contributed by atoms with van der Waals surface area (Å²) in [6.07, 6.45) is 0.925. The van der Waals surface area contributed by atoms with Gasteiger partial charge in [-0.1, -0.05) is 18.0 Å². The molecule has 0 amide bonds. The van der Waals surface area contributed by atoms with Gasteiger partial charge in [0.05, 0.1) is 16.2 Å². The highest BCUT2D eigenvalue weighted by molar-refractivity contribution is 7.72. The molecule has 0 saturated heterocycles. The molecule has 0 bridgehead atoms. The van der Waals surface area contributed by atoms with Crippen LogP contribution in [0.2, 0.25) is 5.02 Å². The number of unbranched alkanes of at least 4 members (excludes halogenated alkanes) is 2. The number of carbonyl (C=O) groups is 1. The van der Waals surface area contributed by atoms with Gasteiger partial charge in [-0.2, -0.15) is 0 Å². The van der Waals surface area contributed by atoms with Crippen LogP contribution in [0.1, 0.15) is 41.6 Å². The molecule has 15 heteroatoms. The Balaban J connectivity index is 2.06. The molecule has 1 aromatic carbocycles. The van der Waals surface area contributed by atoms with Crippen molar-refractivity contribution in [1.29, 1.82) is 0 Å². The number of aryl methyl sites for hydroxylation is 1. The molecule has 178 valence electrons. The van der Waals surface area contributed by atoms with E-state index in [1.807, 2.05) is 0 Å². The van der Waals surface area contributed by atoms with E-state index in [2.05, 4.69) is 10.3 Å². The third kappa shape index (κ3) is 5.24. The Morgan fingerprint density at radius 3 is 2.28 bits per heavy atom. The number of benzene rings is 1. The lowest BCUT2D eigenvalue weighted by molar-refractivity contribution is 0.0695. The number of halogens is 1. The Morgan fingerprint density at radius 2 is 1.75 bits per heavy atom. The van der Waals surface area contributed by atoms with Gasteiger partial charge in [0, 0.05) is 18.1 Å². The maximum Gasteiger partial charge on any atom is 0.369 e. The van der Waals surface area contributed by atoms with Crippen molar-refractivity contribution in [2.24, 2.45) is 0 Å². The maximum atomic E-state index is 12.3. The number of fused-ring (bicyclic) bond motifs is 1. The molecule has 0 aliphatic heterocycles. The number of aliphatic hydroxyl groups is 1. The molecular weight excluding hydrogens is 490 g/mol. The van der Waals surface area contributed by atoms with Crippen molar-refractivity contribution < 1.29 is 43.7 Å². The molecule has 32 heavy (non-hydrogen) atoms. The zero-order valence-corrected chi connectivity index (χ0v) is 19.3. The fraction of sp³-hybridized carbons (Fsp3) is 0.412. The summed E-state index contributed by atoms with van der Waals surface area (Å²) in [6.45, 7) is 1.99. The van der Waals surface area contributed by atoms with E-state index in [1.54, 1.807) is 6.92 Å². The van der Waals surface area contributed by atoms with Gasteiger partial charge >= 0.3 is 21.2 Å². The van der Waals surface area contributed by atoms with Crippen LogP contribution >= 0.6 is 26.8 Å². The Hall–Kier alpha value is -1.75. The summed E-state index contributed by atoms with van der Waals surface area (Å²) in [5.74, 6) is -1.37. The van der Waals surface area contributed by atoms with E-state index in [4.69, 9.17) is 36.3 Å². The van der Waals surface area contributed by atoms with E-state index in [0.717, 1.165) is 6.20 Å². The first-order valence-electron chi connectivity index (χ1n) is 9.27. The molecule has 1 aromatic heterocycles. The van der Waals surface area contributed by atoms with Crippen molar-refractivity contribution in [3.63, 3.8) is 0 Å². The number of carboxylic acids is 1. The lowest BCUT2D eigenvalue weighted by Gasteiger charge is -2.29. The number of hydrogen-bond donors (Lipinski definition) is 8. The van der Waals surface area contributed by atoms with Crippen molar-refractivity contribution in [3.05, 3.63) is 38.6 Å². The number of nitrogens with one attached hydrogen (secondary N) is 2. The van der Waals surface area contributed by atoms with Gasteiger partial charge < -0.3 is 40.1 Å². The first-order valence-corrected chi connectivity index (χ1v) is 12.9. The van der Waals surface area contributed by atoms with E-state index < -0.39 is 43.7 Å². The van der Waals surface area contributed by atoms with Crippen LogP contribution < -0.4 is 10.7 Å². The average Bonchev–Trinajstić information content (AvgIpc) is 2.65. The zero-order valence-electron chi connectivity index (χ0n) is 16.8. The van der Waals surface area contributed by atoms with Gasteiger partial charge in [0.25, 0.3) is 5.08 Å². The highest BCUT2D eigenvalue weighted by atomic mass is 35.5. The summed E-state index contributed by atoms with van der Waals surface area (Å²) < 4.78 is 22.7. The number of rotatable bonds is 10. The van der Waals surface area contributed by atoms with Gasteiger partial charge in [-0.3, -0.25) is 13.9 Å². The Kier molecular flexibility index (Phi) is 7.97. The first kappa shape index (κ1) is 26.5. The minimum atomic E-state index is -5.47. The fourth-order valence-corrected chi connectivity index (χ4v) is 5.79. The minimum absolute atomic E-state index is 0.0654. The van der Waals surface area contributed by atoms with Crippen molar-refractivity contribution in [2.45, 2.75) is 37.7 Å². The SMILES string of the molecule is Cc1c(NCCCCCC(O)(P(=O)(O)O)P(=O)(O)O)c(Cl)cc2c(=O)c(C(=O)O)c[nH]c12. The van der Waals surface area contributed by atoms with Gasteiger partial charge in [-0.05, 0) is 37.8 Å². The molecule has 2 aromatic rings. The van der Waals surface area contributed by atoms with Crippen LogP contribution in [0.3, 0.4) is 0 Å². The molecule has 0 aliphatic carbocycles. The normalized spacial score (nSPS) is 12.8. The number of hydrogen-bond acceptors (Lipinski definition) is 6. The number of anilines is 1. The number of aromatic carboxylic acids is 1. The van der Waals surface area contributed by atoms with Gasteiger partial charge in [0.1, 0.15) is 5.56 Å².